The second-order valence-corrected chi connectivity index (χ2v) is 7.18. The number of sulfonamides is 1. The van der Waals surface area contributed by atoms with Crippen molar-refractivity contribution in [2.75, 3.05) is 6.54 Å². The monoisotopic (exact) mass is 282 g/mol. The molecule has 3 N–H and O–H groups in total. The summed E-state index contributed by atoms with van der Waals surface area (Å²) >= 11 is 0. The van der Waals surface area contributed by atoms with Crippen LogP contribution >= 0.6 is 0 Å². The van der Waals surface area contributed by atoms with Gasteiger partial charge in [0.25, 0.3) is 0 Å². The van der Waals surface area contributed by atoms with Gasteiger partial charge in [-0.1, -0.05) is 43.9 Å². The van der Waals surface area contributed by atoms with Crippen LogP contribution < -0.4 is 10.5 Å². The van der Waals surface area contributed by atoms with Gasteiger partial charge < -0.3 is 5.73 Å². The van der Waals surface area contributed by atoms with Crippen molar-refractivity contribution >= 4 is 10.0 Å². The first-order valence-electron chi connectivity index (χ1n) is 6.86. The van der Waals surface area contributed by atoms with Crippen molar-refractivity contribution in [1.29, 1.82) is 0 Å². The number of hydrogen-bond donors (Lipinski definition) is 2. The summed E-state index contributed by atoms with van der Waals surface area (Å²) in [5, 5.41) is 0. The molecule has 19 heavy (non-hydrogen) atoms. The molecule has 4 nitrogen and oxygen atoms in total. The molecule has 0 aromatic heterocycles. The minimum atomic E-state index is -3.44. The maximum atomic E-state index is 12.1. The number of benzene rings is 1. The van der Waals surface area contributed by atoms with Gasteiger partial charge in [0.1, 0.15) is 0 Å². The zero-order valence-electron chi connectivity index (χ0n) is 11.1. The summed E-state index contributed by atoms with van der Waals surface area (Å²) in [6.07, 6.45) is 6.36. The lowest BCUT2D eigenvalue weighted by Gasteiger charge is -2.28. The topological polar surface area (TPSA) is 72.2 Å². The largest absolute Gasteiger partial charge is 0.324 e. The van der Waals surface area contributed by atoms with Crippen molar-refractivity contribution in [3.05, 3.63) is 30.3 Å². The molecular weight excluding hydrogens is 260 g/mol. The van der Waals surface area contributed by atoms with E-state index in [1.54, 1.807) is 30.3 Å². The van der Waals surface area contributed by atoms with Crippen molar-refractivity contribution in [2.45, 2.75) is 49.0 Å². The Balaban J connectivity index is 2.01. The fraction of sp³-hybridized carbons (Fsp3) is 0.571. The lowest BCUT2D eigenvalue weighted by molar-refractivity contribution is 0.369. The van der Waals surface area contributed by atoms with E-state index in [2.05, 4.69) is 4.72 Å². The predicted octanol–water partition coefficient (Wildman–Crippen LogP) is 2.02. The maximum Gasteiger partial charge on any atom is 0.240 e. The molecule has 0 radical (unpaired) electrons. The zero-order chi connectivity index (χ0) is 13.8. The van der Waals surface area contributed by atoms with Crippen LogP contribution in [0.2, 0.25) is 0 Å². The Hall–Kier alpha value is -0.910. The minimum absolute atomic E-state index is 0.298. The molecule has 1 aliphatic carbocycles. The van der Waals surface area contributed by atoms with Crippen molar-refractivity contribution < 1.29 is 8.42 Å². The third kappa shape index (κ3) is 4.03. The van der Waals surface area contributed by atoms with Crippen LogP contribution in [0.1, 0.15) is 38.5 Å². The Bertz CT molecular complexity index is 491. The molecule has 0 bridgehead atoms. The summed E-state index contributed by atoms with van der Waals surface area (Å²) in [5.74, 6) is 0. The van der Waals surface area contributed by atoms with E-state index in [1.807, 2.05) is 0 Å². The summed E-state index contributed by atoms with van der Waals surface area (Å²) in [7, 11) is -3.44. The highest BCUT2D eigenvalue weighted by Crippen LogP contribution is 2.24. The van der Waals surface area contributed by atoms with Crippen LogP contribution in [0.5, 0.6) is 0 Å². The summed E-state index contributed by atoms with van der Waals surface area (Å²) in [6.45, 7) is 0.324. The third-order valence-electron chi connectivity index (χ3n) is 3.77. The first-order chi connectivity index (χ1) is 9.02. The second kappa shape index (κ2) is 6.03. The molecule has 106 valence electrons. The molecule has 0 saturated heterocycles. The molecule has 0 amide bonds. The Morgan fingerprint density at radius 1 is 1.05 bits per heavy atom. The third-order valence-corrected chi connectivity index (χ3v) is 5.18. The van der Waals surface area contributed by atoms with E-state index in [-0.39, 0.29) is 0 Å². The first kappa shape index (κ1) is 14.5. The van der Waals surface area contributed by atoms with Crippen molar-refractivity contribution in [2.24, 2.45) is 5.73 Å². The fourth-order valence-electron chi connectivity index (χ4n) is 2.53. The molecule has 1 fully saturated rings. The predicted molar refractivity (Wildman–Crippen MR) is 76.3 cm³/mol. The molecule has 0 aliphatic heterocycles. The van der Waals surface area contributed by atoms with Gasteiger partial charge in [-0.25, -0.2) is 13.1 Å². The zero-order valence-corrected chi connectivity index (χ0v) is 12.0. The highest BCUT2D eigenvalue weighted by Gasteiger charge is 2.28. The average Bonchev–Trinajstić information content (AvgIpc) is 2.63. The van der Waals surface area contributed by atoms with Gasteiger partial charge in [-0.2, -0.15) is 0 Å². The van der Waals surface area contributed by atoms with Gasteiger partial charge in [0.15, 0.2) is 0 Å². The molecule has 5 heteroatoms. The van der Waals surface area contributed by atoms with Gasteiger partial charge in [0.2, 0.25) is 10.0 Å². The molecule has 2 rings (SSSR count). The normalized spacial score (nSPS) is 19.8. The smallest absolute Gasteiger partial charge is 0.240 e. The fourth-order valence-corrected chi connectivity index (χ4v) is 3.69. The summed E-state index contributed by atoms with van der Waals surface area (Å²) in [5.41, 5.74) is 5.93. The summed E-state index contributed by atoms with van der Waals surface area (Å²) < 4.78 is 26.9. The van der Waals surface area contributed by atoms with E-state index in [0.29, 0.717) is 11.4 Å². The minimum Gasteiger partial charge on any atom is -0.324 e. The lowest BCUT2D eigenvalue weighted by atomic mass is 9.92. The van der Waals surface area contributed by atoms with Crippen molar-refractivity contribution in [3.63, 3.8) is 0 Å². The van der Waals surface area contributed by atoms with Gasteiger partial charge >= 0.3 is 0 Å². The Labute approximate surface area is 115 Å². The SMILES string of the molecule is NC1(CNS(=O)(=O)c2ccccc2)CCCCCC1. The Morgan fingerprint density at radius 2 is 1.63 bits per heavy atom. The molecule has 0 unspecified atom stereocenters. The molecule has 1 saturated carbocycles. The Morgan fingerprint density at radius 3 is 2.21 bits per heavy atom. The quantitative estimate of drug-likeness (QED) is 0.830. The van der Waals surface area contributed by atoms with Gasteiger partial charge in [0.05, 0.1) is 4.90 Å². The number of nitrogens with two attached hydrogens (primary N) is 1. The average molecular weight is 282 g/mol. The summed E-state index contributed by atoms with van der Waals surface area (Å²) in [6, 6.07) is 8.43. The van der Waals surface area contributed by atoms with Crippen LogP contribution in [0.25, 0.3) is 0 Å². The van der Waals surface area contributed by atoms with Crippen LogP contribution in [-0.4, -0.2) is 20.5 Å². The molecule has 0 heterocycles. The molecular formula is C14H22N2O2S. The maximum absolute atomic E-state index is 12.1. The van der Waals surface area contributed by atoms with Crippen LogP contribution in [0.4, 0.5) is 0 Å². The molecule has 1 aromatic rings. The number of nitrogens with one attached hydrogen (secondary N) is 1. The highest BCUT2D eigenvalue weighted by molar-refractivity contribution is 7.89. The van der Waals surface area contributed by atoms with Gasteiger partial charge in [-0.05, 0) is 25.0 Å². The number of rotatable bonds is 4. The second-order valence-electron chi connectivity index (χ2n) is 5.41. The number of hydrogen-bond acceptors (Lipinski definition) is 3. The van der Waals surface area contributed by atoms with Crippen LogP contribution in [-0.2, 0) is 10.0 Å². The standard InChI is InChI=1S/C14H22N2O2S/c15-14(10-6-1-2-7-11-14)12-16-19(17,18)13-8-4-3-5-9-13/h3-5,8-9,16H,1-2,6-7,10-12,15H2. The lowest BCUT2D eigenvalue weighted by Crippen LogP contribution is -2.49. The van der Waals surface area contributed by atoms with Gasteiger partial charge in [-0.3, -0.25) is 0 Å². The van der Waals surface area contributed by atoms with Gasteiger partial charge in [0, 0.05) is 12.1 Å². The highest BCUT2D eigenvalue weighted by atomic mass is 32.2. The van der Waals surface area contributed by atoms with E-state index < -0.39 is 15.6 Å². The molecule has 1 aliphatic rings. The van der Waals surface area contributed by atoms with E-state index >= 15 is 0 Å². The Kier molecular flexibility index (Phi) is 4.60. The van der Waals surface area contributed by atoms with Crippen LogP contribution in [0, 0.1) is 0 Å². The van der Waals surface area contributed by atoms with Crippen LogP contribution in [0.15, 0.2) is 35.2 Å². The van der Waals surface area contributed by atoms with Gasteiger partial charge in [-0.15, -0.1) is 0 Å². The van der Waals surface area contributed by atoms with Crippen molar-refractivity contribution in [3.8, 4) is 0 Å². The van der Waals surface area contributed by atoms with Crippen LogP contribution in [0.3, 0.4) is 0 Å². The molecule has 0 spiro atoms. The molecule has 0 atom stereocenters. The summed E-state index contributed by atoms with van der Waals surface area (Å²) in [4.78, 5) is 0.298. The first-order valence-corrected chi connectivity index (χ1v) is 8.34. The van der Waals surface area contributed by atoms with E-state index in [0.717, 1.165) is 25.7 Å². The van der Waals surface area contributed by atoms with E-state index in [1.165, 1.54) is 12.8 Å². The molecule has 1 aromatic carbocycles. The van der Waals surface area contributed by atoms with Crippen molar-refractivity contribution in [1.82, 2.24) is 4.72 Å². The van der Waals surface area contributed by atoms with E-state index in [9.17, 15) is 8.42 Å². The van der Waals surface area contributed by atoms with E-state index in [4.69, 9.17) is 5.73 Å².